The Kier molecular flexibility index (Phi) is 13.9. The van der Waals surface area contributed by atoms with E-state index in [0.29, 0.717) is 31.6 Å². The lowest BCUT2D eigenvalue weighted by Gasteiger charge is -2.60. The van der Waals surface area contributed by atoms with Gasteiger partial charge in [-0.2, -0.15) is 0 Å². The number of rotatable bonds is 14. The summed E-state index contributed by atoms with van der Waals surface area (Å²) in [7, 11) is 2.81. The molecule has 6 rings (SSSR count). The molecule has 4 aliphatic carbocycles. The zero-order valence-corrected chi connectivity index (χ0v) is 33.8. The number of fused-ring (bicyclic) bond motifs is 4. The Morgan fingerprint density at radius 3 is 2.20 bits per heavy atom. The first kappa shape index (κ1) is 43.8. The van der Waals surface area contributed by atoms with Crippen molar-refractivity contribution in [2.75, 3.05) is 27.4 Å². The van der Waals surface area contributed by atoms with Gasteiger partial charge in [0.2, 0.25) is 0 Å². The molecule has 2 saturated heterocycles. The SMILES string of the molecule is COCC(O)[C@@H]1O[C@@H](O[C@@H]2C3=C4C[C@@H](O[C@@H]5O[C@H](CO)[C@@H](O)[C@H](OC)[C@H]5O)[C@H]([C@H](C)CCCC(C)C)[C@@]4(C)CC[C@@H]3[C@@]3(C)CC[C@@H](O)C[C@@H]3[C@@H]2O)[C@H](O)[C@H]1O. The van der Waals surface area contributed by atoms with Crippen molar-refractivity contribution in [3.63, 3.8) is 0 Å². The van der Waals surface area contributed by atoms with E-state index in [1.165, 1.54) is 14.2 Å². The maximum Gasteiger partial charge on any atom is 0.187 e. The molecule has 318 valence electrons. The van der Waals surface area contributed by atoms with E-state index in [4.69, 9.17) is 28.4 Å². The molecule has 1 unspecified atom stereocenters. The Morgan fingerprint density at radius 1 is 0.836 bits per heavy atom. The zero-order valence-electron chi connectivity index (χ0n) is 33.8. The fourth-order valence-corrected chi connectivity index (χ4v) is 11.9. The van der Waals surface area contributed by atoms with E-state index in [1.807, 2.05) is 0 Å². The maximum absolute atomic E-state index is 12.4. The van der Waals surface area contributed by atoms with Crippen LogP contribution in [0, 0.1) is 40.4 Å². The Hall–Kier alpha value is -0.820. The van der Waals surface area contributed by atoms with E-state index in [0.717, 1.165) is 43.3 Å². The van der Waals surface area contributed by atoms with Crippen LogP contribution in [0.25, 0.3) is 0 Å². The molecule has 5 fully saturated rings. The predicted octanol–water partition coefficient (Wildman–Crippen LogP) is 1.40. The third-order valence-electron chi connectivity index (χ3n) is 14.8. The normalized spacial score (nSPS) is 48.4. The van der Waals surface area contributed by atoms with E-state index < -0.39 is 97.8 Å². The molecular formula is C41H70O14. The summed E-state index contributed by atoms with van der Waals surface area (Å²) in [4.78, 5) is 0. The average molecular weight is 787 g/mol. The second-order valence-electron chi connectivity index (χ2n) is 18.6. The maximum atomic E-state index is 12.4. The molecule has 0 aromatic carbocycles. The van der Waals surface area contributed by atoms with Gasteiger partial charge in [-0.05, 0) is 84.5 Å². The third-order valence-corrected chi connectivity index (χ3v) is 14.8. The molecule has 14 nitrogen and oxygen atoms in total. The largest absolute Gasteiger partial charge is 0.394 e. The Morgan fingerprint density at radius 2 is 1.55 bits per heavy atom. The molecule has 0 spiro atoms. The molecule has 55 heavy (non-hydrogen) atoms. The van der Waals surface area contributed by atoms with Gasteiger partial charge in [0.1, 0.15) is 54.9 Å². The molecule has 3 saturated carbocycles. The van der Waals surface area contributed by atoms with E-state index in [9.17, 15) is 40.9 Å². The summed E-state index contributed by atoms with van der Waals surface area (Å²) in [5.74, 6) is 0.353. The van der Waals surface area contributed by atoms with Crippen LogP contribution in [0.3, 0.4) is 0 Å². The molecule has 8 N–H and O–H groups in total. The fraction of sp³-hybridized carbons (Fsp3) is 0.951. The summed E-state index contributed by atoms with van der Waals surface area (Å²) in [5.41, 5.74) is 1.26. The highest BCUT2D eigenvalue weighted by Gasteiger charge is 2.64. The highest BCUT2D eigenvalue weighted by atomic mass is 16.7. The molecule has 0 aromatic rings. The summed E-state index contributed by atoms with van der Waals surface area (Å²) in [6, 6.07) is 0. The minimum Gasteiger partial charge on any atom is -0.394 e. The van der Waals surface area contributed by atoms with Gasteiger partial charge in [-0.1, -0.05) is 59.5 Å². The lowest BCUT2D eigenvalue weighted by Crippen LogP contribution is -2.60. The minimum atomic E-state index is -1.50. The Balaban J connectivity index is 1.42. The highest BCUT2D eigenvalue weighted by molar-refractivity contribution is 5.40. The molecule has 0 aromatic heterocycles. The van der Waals surface area contributed by atoms with Gasteiger partial charge in [0.15, 0.2) is 12.6 Å². The van der Waals surface area contributed by atoms with Crippen LogP contribution in [-0.2, 0) is 28.4 Å². The van der Waals surface area contributed by atoms with Gasteiger partial charge in [0.25, 0.3) is 0 Å². The van der Waals surface area contributed by atoms with Gasteiger partial charge in [-0.3, -0.25) is 0 Å². The Bertz CT molecular complexity index is 1320. The van der Waals surface area contributed by atoms with E-state index >= 15 is 0 Å². The molecule has 2 aliphatic heterocycles. The molecule has 6 aliphatic rings. The third kappa shape index (κ3) is 7.97. The lowest BCUT2D eigenvalue weighted by molar-refractivity contribution is -0.318. The van der Waals surface area contributed by atoms with Crippen LogP contribution in [0.15, 0.2) is 11.1 Å². The zero-order chi connectivity index (χ0) is 40.1. The summed E-state index contributed by atoms with van der Waals surface area (Å²) in [6.45, 7) is 10.6. The first-order chi connectivity index (χ1) is 26.0. The first-order valence-electron chi connectivity index (χ1n) is 20.8. The van der Waals surface area contributed by atoms with Crippen molar-refractivity contribution in [2.45, 2.75) is 178 Å². The van der Waals surface area contributed by atoms with Crippen LogP contribution < -0.4 is 0 Å². The standard InChI is InChI=1S/C41H70O14/c1-19(2)9-8-10-20(3)29-26(52-39-34(49)37(51-7)31(46)27(17-42)53-39)16-23-28-22(12-14-41(23,29)5)40(4)13-11-21(43)15-24(40)30(45)36(28)55-38-33(48)32(47)35(54-38)25(44)18-50-6/h19-22,24-27,29-39,42-49H,8-18H2,1-7H3/t20-,21-,22+,24-,25?,26-,27-,29+,30+,31-,32-,33-,34-,35+,36-,37+,38+,39-,40-,41+/m1/s1. The number of hydrogen-bond acceptors (Lipinski definition) is 14. The van der Waals surface area contributed by atoms with Gasteiger partial charge in [0.05, 0.1) is 31.5 Å². The second kappa shape index (κ2) is 17.4. The van der Waals surface area contributed by atoms with Crippen molar-refractivity contribution in [1.29, 1.82) is 0 Å². The summed E-state index contributed by atoms with van der Waals surface area (Å²) >= 11 is 0. The Labute approximate surface area is 326 Å². The predicted molar refractivity (Wildman–Crippen MR) is 198 cm³/mol. The number of hydrogen-bond donors (Lipinski definition) is 8. The molecule has 2 heterocycles. The summed E-state index contributed by atoms with van der Waals surface area (Å²) in [6.07, 6.45) is -8.71. The molecular weight excluding hydrogens is 716 g/mol. The van der Waals surface area contributed by atoms with Crippen LogP contribution in [0.2, 0.25) is 0 Å². The monoisotopic (exact) mass is 786 g/mol. The molecule has 0 bridgehead atoms. The van der Waals surface area contributed by atoms with E-state index in [1.54, 1.807) is 0 Å². The number of methoxy groups -OCH3 is 2. The van der Waals surface area contributed by atoms with Crippen LogP contribution in [0.5, 0.6) is 0 Å². The van der Waals surface area contributed by atoms with Crippen molar-refractivity contribution < 1.29 is 69.3 Å². The van der Waals surface area contributed by atoms with Crippen molar-refractivity contribution in [3.05, 3.63) is 11.1 Å². The topological polar surface area (TPSA) is 217 Å². The van der Waals surface area contributed by atoms with Crippen molar-refractivity contribution in [1.82, 2.24) is 0 Å². The number of aliphatic hydroxyl groups is 8. The van der Waals surface area contributed by atoms with E-state index in [2.05, 4.69) is 34.6 Å². The van der Waals surface area contributed by atoms with Gasteiger partial charge in [-0.25, -0.2) is 0 Å². The quantitative estimate of drug-likeness (QED) is 0.117. The molecule has 0 radical (unpaired) electrons. The van der Waals surface area contributed by atoms with Crippen LogP contribution in [-0.4, -0.2) is 154 Å². The molecule has 14 heteroatoms. The van der Waals surface area contributed by atoms with Crippen LogP contribution in [0.4, 0.5) is 0 Å². The van der Waals surface area contributed by atoms with Crippen LogP contribution >= 0.6 is 0 Å². The van der Waals surface area contributed by atoms with Crippen LogP contribution in [0.1, 0.15) is 92.4 Å². The highest BCUT2D eigenvalue weighted by Crippen LogP contribution is 2.67. The summed E-state index contributed by atoms with van der Waals surface area (Å²) in [5, 5.41) is 88.3. The van der Waals surface area contributed by atoms with Gasteiger partial charge >= 0.3 is 0 Å². The molecule has 20 atom stereocenters. The van der Waals surface area contributed by atoms with Crippen molar-refractivity contribution in [2.24, 2.45) is 40.4 Å². The minimum absolute atomic E-state index is 0.0289. The van der Waals surface area contributed by atoms with Gasteiger partial charge in [-0.15, -0.1) is 0 Å². The summed E-state index contributed by atoms with van der Waals surface area (Å²) < 4.78 is 36.1. The fourth-order valence-electron chi connectivity index (χ4n) is 11.9. The average Bonchev–Trinajstić information content (AvgIpc) is 3.59. The number of aliphatic hydroxyl groups excluding tert-OH is 8. The smallest absolute Gasteiger partial charge is 0.187 e. The van der Waals surface area contributed by atoms with Crippen molar-refractivity contribution >= 4 is 0 Å². The second-order valence-corrected chi connectivity index (χ2v) is 18.6. The molecule has 0 amide bonds. The first-order valence-corrected chi connectivity index (χ1v) is 20.8. The number of ether oxygens (including phenoxy) is 6. The lowest BCUT2D eigenvalue weighted by atomic mass is 9.47. The van der Waals surface area contributed by atoms with Gasteiger partial charge < -0.3 is 69.3 Å². The van der Waals surface area contributed by atoms with Crippen molar-refractivity contribution in [3.8, 4) is 0 Å². The van der Waals surface area contributed by atoms with Gasteiger partial charge in [0, 0.05) is 14.2 Å². The van der Waals surface area contributed by atoms with E-state index in [-0.39, 0.29) is 35.7 Å².